The highest BCUT2D eigenvalue weighted by atomic mass is 32.1. The number of hydrogen-bond acceptors (Lipinski definition) is 4. The second-order valence-corrected chi connectivity index (χ2v) is 20.8. The van der Waals surface area contributed by atoms with Crippen molar-refractivity contribution in [2.45, 2.75) is 19.3 Å². The average Bonchev–Trinajstić information content (AvgIpc) is 3.83. The van der Waals surface area contributed by atoms with Crippen LogP contribution in [0.15, 0.2) is 188 Å². The molecule has 7 aromatic carbocycles. The molecule has 4 nitrogen and oxygen atoms in total. The maximum Gasteiger partial charge on any atom is 0.179 e. The van der Waals surface area contributed by atoms with E-state index in [1.54, 1.807) is 0 Å². The summed E-state index contributed by atoms with van der Waals surface area (Å²) in [5.41, 5.74) is 7.93. The molecule has 11 rings (SSSR count). The van der Waals surface area contributed by atoms with Crippen molar-refractivity contribution in [2.24, 2.45) is 7.05 Å². The van der Waals surface area contributed by atoms with Crippen molar-refractivity contribution in [3.63, 3.8) is 0 Å². The van der Waals surface area contributed by atoms with Gasteiger partial charge in [-0.3, -0.25) is 4.90 Å². The third-order valence-corrected chi connectivity index (χ3v) is 18.3. The first-order valence-corrected chi connectivity index (χ1v) is 22.7. The monoisotopic (exact) mass is 780 g/mol. The van der Waals surface area contributed by atoms with Crippen LogP contribution < -0.4 is 25.6 Å². The normalized spacial score (nSPS) is 13.5. The van der Waals surface area contributed by atoms with Gasteiger partial charge in [0.15, 0.2) is 8.07 Å². The van der Waals surface area contributed by atoms with E-state index in [4.69, 9.17) is 9.97 Å². The number of pyridine rings is 1. The van der Waals surface area contributed by atoms with Gasteiger partial charge in [-0.2, -0.15) is 0 Å². The fourth-order valence-corrected chi connectivity index (χ4v) is 15.6. The maximum atomic E-state index is 5.17. The quantitative estimate of drug-likeness (QED) is 0.125. The number of anilines is 3. The Bertz CT molecular complexity index is 3130. The Morgan fingerprint density at radius 3 is 2.00 bits per heavy atom. The van der Waals surface area contributed by atoms with Crippen LogP contribution in [0.5, 0.6) is 0 Å². The minimum Gasteiger partial charge on any atom is -0.327 e. The molecule has 278 valence electrons. The zero-order chi connectivity index (χ0) is 39.0. The van der Waals surface area contributed by atoms with Crippen LogP contribution in [0.3, 0.4) is 0 Å². The van der Waals surface area contributed by atoms with Gasteiger partial charge in [0.1, 0.15) is 11.6 Å². The van der Waals surface area contributed by atoms with Gasteiger partial charge in [-0.05, 0) is 74.3 Å². The van der Waals surface area contributed by atoms with Crippen molar-refractivity contribution < 1.29 is 0 Å². The zero-order valence-electron chi connectivity index (χ0n) is 32.6. The van der Waals surface area contributed by atoms with Crippen LogP contribution in [0.1, 0.15) is 25.0 Å². The number of fused-ring (bicyclic) bond motifs is 7. The molecule has 0 atom stereocenters. The van der Waals surface area contributed by atoms with Crippen molar-refractivity contribution >= 4 is 88.6 Å². The number of hydrogen-bond donors (Lipinski definition) is 0. The van der Waals surface area contributed by atoms with Gasteiger partial charge in [0.25, 0.3) is 0 Å². The summed E-state index contributed by atoms with van der Waals surface area (Å²) in [7, 11) is -0.890. The first kappa shape index (κ1) is 34.6. The molecular formula is C52H40N4SSi. The number of imidazole rings is 1. The van der Waals surface area contributed by atoms with E-state index in [1.165, 1.54) is 63.4 Å². The minimum atomic E-state index is -3.01. The molecule has 10 aromatic rings. The molecule has 1 aliphatic heterocycles. The lowest BCUT2D eigenvalue weighted by atomic mass is 9.73. The molecule has 0 bridgehead atoms. The van der Waals surface area contributed by atoms with Crippen LogP contribution in [0.2, 0.25) is 0 Å². The second-order valence-electron chi connectivity index (χ2n) is 15.9. The van der Waals surface area contributed by atoms with E-state index >= 15 is 0 Å². The number of rotatable bonds is 6. The molecule has 4 heterocycles. The van der Waals surface area contributed by atoms with Gasteiger partial charge in [-0.1, -0.05) is 153 Å². The van der Waals surface area contributed by atoms with Gasteiger partial charge >= 0.3 is 0 Å². The van der Waals surface area contributed by atoms with E-state index in [0.29, 0.717) is 0 Å². The topological polar surface area (TPSA) is 34.0 Å². The average molecular weight is 781 g/mol. The van der Waals surface area contributed by atoms with Gasteiger partial charge in [0.2, 0.25) is 0 Å². The summed E-state index contributed by atoms with van der Waals surface area (Å²) in [4.78, 5) is 12.7. The van der Waals surface area contributed by atoms with E-state index < -0.39 is 8.07 Å². The summed E-state index contributed by atoms with van der Waals surface area (Å²) in [5.74, 6) is 1.88. The standard InChI is InChI=1S/C52H40N4SSi/c1-52(2)41-29-28-39(34-45(41)56(48-27-14-15-32-53-48)50-42(52)30-31-47-49(50)40-23-10-13-26-46(40)57-47)58(36-18-6-4-7-19-36,37-20-8-5-9-21-37)38-22-16-17-35(33-38)51-54-43-24-11-12-25-44(43)55(51)3/h4-34H,1-3H3. The minimum absolute atomic E-state index is 0.282. The molecule has 0 unspecified atom stereocenters. The van der Waals surface area contributed by atoms with Crippen LogP contribution >= 0.6 is 11.3 Å². The maximum absolute atomic E-state index is 5.17. The molecule has 0 aliphatic carbocycles. The van der Waals surface area contributed by atoms with E-state index in [9.17, 15) is 0 Å². The molecule has 0 amide bonds. The van der Waals surface area contributed by atoms with Gasteiger partial charge < -0.3 is 4.57 Å². The first-order chi connectivity index (χ1) is 28.4. The molecule has 1 aliphatic rings. The van der Waals surface area contributed by atoms with Crippen LogP contribution in [-0.2, 0) is 12.5 Å². The van der Waals surface area contributed by atoms with Crippen molar-refractivity contribution in [1.82, 2.24) is 14.5 Å². The Labute approximate surface area is 343 Å². The number of benzene rings is 7. The lowest BCUT2D eigenvalue weighted by Gasteiger charge is -2.43. The number of para-hydroxylation sites is 2. The van der Waals surface area contributed by atoms with E-state index in [-0.39, 0.29) is 5.41 Å². The fraction of sp³-hybridized carbons (Fsp3) is 0.0769. The predicted octanol–water partition coefficient (Wildman–Crippen LogP) is 10.5. The van der Waals surface area contributed by atoms with E-state index in [0.717, 1.165) is 28.2 Å². The molecule has 0 saturated carbocycles. The smallest absolute Gasteiger partial charge is 0.179 e. The van der Waals surface area contributed by atoms with Crippen molar-refractivity contribution in [3.8, 4) is 11.4 Å². The van der Waals surface area contributed by atoms with Crippen LogP contribution in [0.4, 0.5) is 17.2 Å². The lowest BCUT2D eigenvalue weighted by molar-refractivity contribution is 0.633. The van der Waals surface area contributed by atoms with E-state index in [2.05, 4.69) is 206 Å². The lowest BCUT2D eigenvalue weighted by Crippen LogP contribution is -2.74. The highest BCUT2D eigenvalue weighted by Crippen LogP contribution is 2.55. The van der Waals surface area contributed by atoms with Crippen molar-refractivity contribution in [3.05, 3.63) is 199 Å². The Kier molecular flexibility index (Phi) is 7.90. The Hall–Kier alpha value is -6.60. The van der Waals surface area contributed by atoms with Crippen molar-refractivity contribution in [1.29, 1.82) is 0 Å². The summed E-state index contributed by atoms with van der Waals surface area (Å²) in [6.45, 7) is 4.78. The molecule has 0 radical (unpaired) electrons. The molecule has 0 saturated heterocycles. The van der Waals surface area contributed by atoms with Crippen LogP contribution in [0, 0.1) is 0 Å². The molecular weight excluding hydrogens is 741 g/mol. The third-order valence-electron chi connectivity index (χ3n) is 12.4. The van der Waals surface area contributed by atoms with Gasteiger partial charge in [0.05, 0.1) is 22.4 Å². The second kappa shape index (κ2) is 13.2. The number of nitrogens with zero attached hydrogens (tertiary/aromatic N) is 4. The molecule has 0 N–H and O–H groups in total. The summed E-state index contributed by atoms with van der Waals surface area (Å²) < 4.78 is 4.80. The Morgan fingerprint density at radius 1 is 0.569 bits per heavy atom. The van der Waals surface area contributed by atoms with Crippen LogP contribution in [0.25, 0.3) is 42.6 Å². The molecule has 0 spiro atoms. The highest BCUT2D eigenvalue weighted by molar-refractivity contribution is 7.26. The fourth-order valence-electron chi connectivity index (χ4n) is 9.67. The first-order valence-electron chi connectivity index (χ1n) is 19.9. The van der Waals surface area contributed by atoms with Gasteiger partial charge in [-0.15, -0.1) is 11.3 Å². The summed E-state index contributed by atoms with van der Waals surface area (Å²) in [6, 6.07) is 67.3. The zero-order valence-corrected chi connectivity index (χ0v) is 34.4. The van der Waals surface area contributed by atoms with Gasteiger partial charge in [0, 0.05) is 44.4 Å². The molecule has 58 heavy (non-hydrogen) atoms. The summed E-state index contributed by atoms with van der Waals surface area (Å²) >= 11 is 1.87. The van der Waals surface area contributed by atoms with Crippen molar-refractivity contribution in [2.75, 3.05) is 4.90 Å². The Balaban J connectivity index is 1.23. The Morgan fingerprint density at radius 2 is 1.24 bits per heavy atom. The van der Waals surface area contributed by atoms with E-state index in [1.807, 2.05) is 23.6 Å². The number of aromatic nitrogens is 3. The number of thiophene rings is 1. The molecule has 3 aromatic heterocycles. The SMILES string of the molecule is Cn1c(-c2cccc([Si](c3ccccc3)(c3ccccc3)c3ccc4c(c3)N(c3ccccn3)c3c(ccc5sc6ccccc6c35)C4(C)C)c2)nc2ccccc21. The van der Waals surface area contributed by atoms with Gasteiger partial charge in [-0.25, -0.2) is 9.97 Å². The molecule has 0 fully saturated rings. The third kappa shape index (κ3) is 5.05. The highest BCUT2D eigenvalue weighted by Gasteiger charge is 2.45. The van der Waals surface area contributed by atoms with Crippen LogP contribution in [-0.4, -0.2) is 22.6 Å². The predicted molar refractivity (Wildman–Crippen MR) is 247 cm³/mol. The molecule has 6 heteroatoms. The summed E-state index contributed by atoms with van der Waals surface area (Å²) in [6.07, 6.45) is 1.92. The summed E-state index contributed by atoms with van der Waals surface area (Å²) in [5, 5.41) is 7.85. The number of aryl methyl sites for hydroxylation is 1. The largest absolute Gasteiger partial charge is 0.327 e.